The topological polar surface area (TPSA) is 79.4 Å². The van der Waals surface area contributed by atoms with E-state index in [1.807, 2.05) is 12.1 Å². The Kier molecular flexibility index (Phi) is 7.05. The molecule has 33 heavy (non-hydrogen) atoms. The van der Waals surface area contributed by atoms with Gasteiger partial charge >= 0.3 is 0 Å². The number of H-pyrrole nitrogens is 1. The molecule has 1 aliphatic heterocycles. The summed E-state index contributed by atoms with van der Waals surface area (Å²) in [4.78, 5) is 31.0. The molecule has 0 unspecified atom stereocenters. The quantitative estimate of drug-likeness (QED) is 0.412. The number of ether oxygens (including phenoxy) is 1. The van der Waals surface area contributed by atoms with Gasteiger partial charge in [0.1, 0.15) is 5.75 Å². The maximum Gasteiger partial charge on any atom is 0.262 e. The van der Waals surface area contributed by atoms with Crippen LogP contribution in [-0.2, 0) is 13.1 Å². The lowest BCUT2D eigenvalue weighted by molar-refractivity contribution is 0.0909. The van der Waals surface area contributed by atoms with Crippen LogP contribution in [0, 0.1) is 4.77 Å². The largest absolute Gasteiger partial charge is 0.497 e. The summed E-state index contributed by atoms with van der Waals surface area (Å²) in [6.07, 6.45) is 3.40. The molecule has 2 N–H and O–H groups in total. The molecule has 1 saturated heterocycles. The van der Waals surface area contributed by atoms with E-state index in [1.54, 1.807) is 31.4 Å². The van der Waals surface area contributed by atoms with Crippen LogP contribution in [0.15, 0.2) is 59.9 Å². The fourth-order valence-electron chi connectivity index (χ4n) is 4.22. The molecule has 1 aromatic heterocycles. The first-order chi connectivity index (χ1) is 16.0. The molecule has 0 bridgehead atoms. The number of likely N-dealkylation sites (tertiary alicyclic amines) is 1. The highest BCUT2D eigenvalue weighted by atomic mass is 32.1. The number of benzene rings is 2. The molecule has 7 nitrogen and oxygen atoms in total. The number of carbonyl (C=O) groups is 1. The van der Waals surface area contributed by atoms with Gasteiger partial charge in [-0.15, -0.1) is 6.58 Å². The van der Waals surface area contributed by atoms with Crippen LogP contribution in [0.2, 0.25) is 0 Å². The Morgan fingerprint density at radius 3 is 2.79 bits per heavy atom. The number of aromatic nitrogens is 2. The predicted molar refractivity (Wildman–Crippen MR) is 132 cm³/mol. The van der Waals surface area contributed by atoms with Crippen LogP contribution in [0.4, 0.5) is 0 Å². The van der Waals surface area contributed by atoms with Gasteiger partial charge in [0.15, 0.2) is 4.77 Å². The lowest BCUT2D eigenvalue weighted by Gasteiger charge is -2.32. The number of piperidine rings is 1. The highest BCUT2D eigenvalue weighted by molar-refractivity contribution is 7.71. The van der Waals surface area contributed by atoms with Gasteiger partial charge in [0, 0.05) is 37.8 Å². The normalized spacial score (nSPS) is 14.8. The smallest absolute Gasteiger partial charge is 0.262 e. The molecule has 0 aliphatic carbocycles. The minimum absolute atomic E-state index is 0.119. The Morgan fingerprint density at radius 2 is 2.06 bits per heavy atom. The van der Waals surface area contributed by atoms with E-state index in [1.165, 1.54) is 10.1 Å². The van der Waals surface area contributed by atoms with Crippen molar-refractivity contribution in [2.24, 2.45) is 0 Å². The van der Waals surface area contributed by atoms with Crippen molar-refractivity contribution in [3.63, 3.8) is 0 Å². The number of methoxy groups -OCH3 is 1. The number of nitrogens with one attached hydrogen (secondary N) is 2. The minimum Gasteiger partial charge on any atom is -0.497 e. The van der Waals surface area contributed by atoms with Gasteiger partial charge in [-0.3, -0.25) is 19.1 Å². The number of hydrogen-bond donors (Lipinski definition) is 2. The van der Waals surface area contributed by atoms with Gasteiger partial charge in [-0.1, -0.05) is 18.2 Å². The summed E-state index contributed by atoms with van der Waals surface area (Å²) < 4.78 is 7.07. The molecule has 0 spiro atoms. The zero-order chi connectivity index (χ0) is 23.4. The number of amides is 1. The summed E-state index contributed by atoms with van der Waals surface area (Å²) in [5.74, 6) is 0.725. The summed E-state index contributed by atoms with van der Waals surface area (Å²) in [5.41, 5.74) is 2.10. The van der Waals surface area contributed by atoms with Gasteiger partial charge in [-0.25, -0.2) is 0 Å². The maximum absolute atomic E-state index is 12.9. The standard InChI is InChI=1S/C25H28N4O3S/c1-3-11-29-24(31)21-8-7-18(15-22(21)27-25(29)33)23(30)26-19-9-12-28(13-10-19)16-17-5-4-6-20(14-17)32-2/h3-8,14-15,19H,1,9-13,16H2,2H3,(H,26,30)(H,27,33). The van der Waals surface area contributed by atoms with E-state index < -0.39 is 0 Å². The summed E-state index contributed by atoms with van der Waals surface area (Å²) in [5, 5.41) is 3.63. The fourth-order valence-corrected chi connectivity index (χ4v) is 4.49. The molecular weight excluding hydrogens is 436 g/mol. The first-order valence-corrected chi connectivity index (χ1v) is 11.4. The average Bonchev–Trinajstić information content (AvgIpc) is 2.82. The minimum atomic E-state index is -0.191. The zero-order valence-electron chi connectivity index (χ0n) is 18.7. The van der Waals surface area contributed by atoms with E-state index in [2.05, 4.69) is 33.9 Å². The second-order valence-electron chi connectivity index (χ2n) is 8.27. The molecule has 0 saturated carbocycles. The van der Waals surface area contributed by atoms with Crippen molar-refractivity contribution in [2.45, 2.75) is 32.0 Å². The van der Waals surface area contributed by atoms with Crippen LogP contribution in [-0.4, -0.2) is 46.6 Å². The average molecular weight is 465 g/mol. The molecule has 3 aromatic rings. The molecule has 1 fully saturated rings. The van der Waals surface area contributed by atoms with Crippen LogP contribution >= 0.6 is 12.2 Å². The monoisotopic (exact) mass is 464 g/mol. The summed E-state index contributed by atoms with van der Waals surface area (Å²) in [7, 11) is 1.68. The van der Waals surface area contributed by atoms with Gasteiger partial charge in [0.2, 0.25) is 0 Å². The molecule has 1 aliphatic rings. The summed E-state index contributed by atoms with van der Waals surface area (Å²) in [6, 6.07) is 13.3. The second kappa shape index (κ2) is 10.1. The number of allylic oxidation sites excluding steroid dienone is 1. The Bertz CT molecular complexity index is 1290. The van der Waals surface area contributed by atoms with E-state index >= 15 is 0 Å². The Labute approximate surface area is 197 Å². The van der Waals surface area contributed by atoms with Gasteiger partial charge in [-0.2, -0.15) is 0 Å². The molecule has 8 heteroatoms. The lowest BCUT2D eigenvalue weighted by Crippen LogP contribution is -2.44. The number of nitrogens with zero attached hydrogens (tertiary/aromatic N) is 2. The van der Waals surface area contributed by atoms with Gasteiger partial charge in [-0.05, 0) is 61.0 Å². The van der Waals surface area contributed by atoms with Crippen molar-refractivity contribution in [3.05, 3.63) is 81.4 Å². The second-order valence-corrected chi connectivity index (χ2v) is 8.66. The van der Waals surface area contributed by atoms with Crippen LogP contribution in [0.25, 0.3) is 10.9 Å². The third-order valence-electron chi connectivity index (χ3n) is 6.02. The van der Waals surface area contributed by atoms with Gasteiger partial charge in [0.25, 0.3) is 11.5 Å². The molecule has 2 aromatic carbocycles. The highest BCUT2D eigenvalue weighted by Crippen LogP contribution is 2.18. The van der Waals surface area contributed by atoms with Crippen LogP contribution in [0.1, 0.15) is 28.8 Å². The number of fused-ring (bicyclic) bond motifs is 1. The van der Waals surface area contributed by atoms with Gasteiger partial charge < -0.3 is 15.0 Å². The number of hydrogen-bond acceptors (Lipinski definition) is 5. The lowest BCUT2D eigenvalue weighted by atomic mass is 10.0. The van der Waals surface area contributed by atoms with Crippen molar-refractivity contribution in [2.75, 3.05) is 20.2 Å². The van der Waals surface area contributed by atoms with E-state index in [0.717, 1.165) is 38.2 Å². The first kappa shape index (κ1) is 22.9. The van der Waals surface area contributed by atoms with E-state index in [4.69, 9.17) is 17.0 Å². The van der Waals surface area contributed by atoms with E-state index in [9.17, 15) is 9.59 Å². The Hall–Kier alpha value is -3.23. The summed E-state index contributed by atoms with van der Waals surface area (Å²) >= 11 is 5.29. The summed E-state index contributed by atoms with van der Waals surface area (Å²) in [6.45, 7) is 6.69. The Morgan fingerprint density at radius 1 is 1.27 bits per heavy atom. The zero-order valence-corrected chi connectivity index (χ0v) is 19.5. The third-order valence-corrected chi connectivity index (χ3v) is 6.34. The first-order valence-electron chi connectivity index (χ1n) is 11.0. The SMILES string of the molecule is C=CCn1c(=S)[nH]c2cc(C(=O)NC3CCN(Cc4cccc(OC)c4)CC3)ccc2c1=O. The molecule has 0 atom stereocenters. The molecule has 1 amide bonds. The Balaban J connectivity index is 1.38. The molecule has 2 heterocycles. The van der Waals surface area contributed by atoms with E-state index in [0.29, 0.717) is 27.8 Å². The van der Waals surface area contributed by atoms with E-state index in [-0.39, 0.29) is 17.5 Å². The molecular formula is C25H28N4O3S. The number of aromatic amines is 1. The van der Waals surface area contributed by atoms with Crippen molar-refractivity contribution >= 4 is 29.0 Å². The maximum atomic E-state index is 12.9. The highest BCUT2D eigenvalue weighted by Gasteiger charge is 2.21. The van der Waals surface area contributed by atoms with Crippen LogP contribution < -0.4 is 15.6 Å². The van der Waals surface area contributed by atoms with Crippen molar-refractivity contribution < 1.29 is 9.53 Å². The van der Waals surface area contributed by atoms with Crippen molar-refractivity contribution in [3.8, 4) is 5.75 Å². The number of rotatable bonds is 7. The molecule has 4 rings (SSSR count). The third kappa shape index (κ3) is 5.23. The van der Waals surface area contributed by atoms with Gasteiger partial charge in [0.05, 0.1) is 18.0 Å². The molecule has 172 valence electrons. The molecule has 0 radical (unpaired) electrons. The number of carbonyl (C=O) groups excluding carboxylic acids is 1. The van der Waals surface area contributed by atoms with Crippen LogP contribution in [0.3, 0.4) is 0 Å². The predicted octanol–water partition coefficient (Wildman–Crippen LogP) is 3.65. The van der Waals surface area contributed by atoms with Crippen LogP contribution in [0.5, 0.6) is 5.75 Å². The fraction of sp³-hybridized carbons (Fsp3) is 0.320. The van der Waals surface area contributed by atoms with Crippen molar-refractivity contribution in [1.82, 2.24) is 19.8 Å². The van der Waals surface area contributed by atoms with Crippen molar-refractivity contribution in [1.29, 1.82) is 0 Å².